The summed E-state index contributed by atoms with van der Waals surface area (Å²) < 4.78 is 34.3. The Balaban J connectivity index is 1.15. The first-order valence-corrected chi connectivity index (χ1v) is 12.8. The molecule has 1 aliphatic carbocycles. The summed E-state index contributed by atoms with van der Waals surface area (Å²) >= 11 is 1.44. The average molecular weight is 485 g/mol. The third kappa shape index (κ3) is 3.94. The van der Waals surface area contributed by atoms with E-state index in [0.29, 0.717) is 42.5 Å². The fraction of sp³-hybridized carbons (Fsp3) is 0.480. The molecule has 1 N–H and O–H groups in total. The predicted molar refractivity (Wildman–Crippen MR) is 127 cm³/mol. The molecule has 6 rings (SSSR count). The second-order valence-electron chi connectivity index (χ2n) is 9.65. The van der Waals surface area contributed by atoms with Crippen LogP contribution < -0.4 is 5.32 Å². The molecule has 3 fully saturated rings. The van der Waals surface area contributed by atoms with Crippen LogP contribution in [0, 0.1) is 29.4 Å². The minimum Gasteiger partial charge on any atom is -0.381 e. The molecule has 2 aromatic heterocycles. The normalized spacial score (nSPS) is 25.1. The molecule has 3 aromatic rings. The molecule has 0 spiro atoms. The number of amides is 1. The highest BCUT2D eigenvalue weighted by Crippen LogP contribution is 2.41. The summed E-state index contributed by atoms with van der Waals surface area (Å²) in [5.41, 5.74) is 0.481. The SMILES string of the molecule is O=C(C1CCOCC1)N1CC2CC(Nc3nnc(-c4cc(F)ccc4F)c4sccc34)C[C@@H]2C1. The maximum Gasteiger partial charge on any atom is 0.225 e. The number of likely N-dealkylation sites (tertiary alicyclic amines) is 1. The van der Waals surface area contributed by atoms with Crippen molar-refractivity contribution in [1.82, 2.24) is 15.1 Å². The molecule has 9 heteroatoms. The van der Waals surface area contributed by atoms with Crippen LogP contribution in [0.5, 0.6) is 0 Å². The number of thiophene rings is 1. The molecule has 34 heavy (non-hydrogen) atoms. The van der Waals surface area contributed by atoms with E-state index in [1.54, 1.807) is 0 Å². The van der Waals surface area contributed by atoms with E-state index in [0.717, 1.165) is 67.1 Å². The predicted octanol–water partition coefficient (Wildman–Crippen LogP) is 4.71. The Bertz CT molecular complexity index is 1210. The summed E-state index contributed by atoms with van der Waals surface area (Å²) in [6.07, 6.45) is 3.63. The molecule has 0 bridgehead atoms. The van der Waals surface area contributed by atoms with Crippen LogP contribution in [-0.2, 0) is 9.53 Å². The van der Waals surface area contributed by atoms with Crippen LogP contribution in [0.2, 0.25) is 0 Å². The number of fused-ring (bicyclic) bond motifs is 2. The lowest BCUT2D eigenvalue weighted by Crippen LogP contribution is -2.38. The Kier molecular flexibility index (Phi) is 5.69. The van der Waals surface area contributed by atoms with Crippen molar-refractivity contribution in [2.75, 3.05) is 31.6 Å². The number of nitrogens with one attached hydrogen (secondary N) is 1. The third-order valence-electron chi connectivity index (χ3n) is 7.54. The number of carbonyl (C=O) groups excluding carboxylic acids is 1. The number of hydrogen-bond donors (Lipinski definition) is 1. The first-order chi connectivity index (χ1) is 16.6. The number of carbonyl (C=O) groups is 1. The number of ether oxygens (including phenoxy) is 1. The van der Waals surface area contributed by atoms with E-state index in [1.165, 1.54) is 11.3 Å². The van der Waals surface area contributed by atoms with E-state index in [2.05, 4.69) is 20.4 Å². The Hall–Kier alpha value is -2.65. The van der Waals surface area contributed by atoms with Gasteiger partial charge in [0.2, 0.25) is 5.91 Å². The molecule has 3 aliphatic rings. The Morgan fingerprint density at radius 2 is 1.85 bits per heavy atom. The van der Waals surface area contributed by atoms with Crippen molar-refractivity contribution in [3.05, 3.63) is 41.3 Å². The summed E-state index contributed by atoms with van der Waals surface area (Å²) in [6, 6.07) is 5.58. The fourth-order valence-electron chi connectivity index (χ4n) is 5.83. The highest BCUT2D eigenvalue weighted by molar-refractivity contribution is 7.17. The first-order valence-electron chi connectivity index (χ1n) is 11.9. The number of aromatic nitrogens is 2. The van der Waals surface area contributed by atoms with Gasteiger partial charge in [-0.15, -0.1) is 21.5 Å². The van der Waals surface area contributed by atoms with Gasteiger partial charge in [-0.2, -0.15) is 0 Å². The number of halogens is 2. The number of nitrogens with zero attached hydrogens (tertiary/aromatic N) is 3. The molecule has 0 radical (unpaired) electrons. The molecule has 6 nitrogen and oxygen atoms in total. The molecule has 1 saturated carbocycles. The van der Waals surface area contributed by atoms with E-state index < -0.39 is 11.6 Å². The van der Waals surface area contributed by atoms with E-state index >= 15 is 0 Å². The molecule has 1 aromatic carbocycles. The van der Waals surface area contributed by atoms with Gasteiger partial charge in [-0.1, -0.05) is 0 Å². The van der Waals surface area contributed by atoms with Gasteiger partial charge in [-0.25, -0.2) is 8.78 Å². The standard InChI is InChI=1S/C25H26F2N4O2S/c26-17-1-2-21(27)20(11-17)22-23-19(5-8-34-23)24(30-29-22)28-18-9-15-12-31(13-16(15)10-18)25(32)14-3-6-33-7-4-14/h1-2,5,8,11,14-16,18H,3-4,6-7,9-10,12-13H2,(H,28,30)/t15-,16?,18?/m1/s1. The summed E-state index contributed by atoms with van der Waals surface area (Å²) in [5.74, 6) is 1.05. The quantitative estimate of drug-likeness (QED) is 0.581. The average Bonchev–Trinajstić information content (AvgIpc) is 3.56. The van der Waals surface area contributed by atoms with Crippen LogP contribution in [0.4, 0.5) is 14.6 Å². The minimum atomic E-state index is -0.519. The lowest BCUT2D eigenvalue weighted by molar-refractivity contribution is -0.137. The number of rotatable bonds is 4. The smallest absolute Gasteiger partial charge is 0.225 e. The summed E-state index contributed by atoms with van der Waals surface area (Å²) in [7, 11) is 0. The lowest BCUT2D eigenvalue weighted by Gasteiger charge is -2.27. The number of anilines is 1. The van der Waals surface area contributed by atoms with Crippen LogP contribution in [0.15, 0.2) is 29.6 Å². The molecular formula is C25H26F2N4O2S. The Labute approximate surface area is 200 Å². The number of hydrogen-bond acceptors (Lipinski definition) is 6. The maximum atomic E-state index is 14.4. The lowest BCUT2D eigenvalue weighted by atomic mass is 9.98. The number of benzene rings is 1. The zero-order chi connectivity index (χ0) is 23.2. The van der Waals surface area contributed by atoms with E-state index in [9.17, 15) is 13.6 Å². The fourth-order valence-corrected chi connectivity index (χ4v) is 6.73. The first kappa shape index (κ1) is 21.9. The van der Waals surface area contributed by atoms with Gasteiger partial charge in [0.15, 0.2) is 5.82 Å². The summed E-state index contributed by atoms with van der Waals surface area (Å²) in [5, 5.41) is 15.0. The zero-order valence-corrected chi connectivity index (χ0v) is 19.5. The highest BCUT2D eigenvalue weighted by Gasteiger charge is 2.43. The molecule has 178 valence electrons. The van der Waals surface area contributed by atoms with E-state index in [-0.39, 0.29) is 17.5 Å². The highest BCUT2D eigenvalue weighted by atomic mass is 32.1. The second-order valence-corrected chi connectivity index (χ2v) is 10.6. The molecule has 2 unspecified atom stereocenters. The zero-order valence-electron chi connectivity index (χ0n) is 18.7. The maximum absolute atomic E-state index is 14.4. The molecule has 2 aliphatic heterocycles. The summed E-state index contributed by atoms with van der Waals surface area (Å²) in [4.78, 5) is 15.0. The van der Waals surface area contributed by atoms with Gasteiger partial charge in [-0.05, 0) is 67.2 Å². The van der Waals surface area contributed by atoms with E-state index in [4.69, 9.17) is 4.74 Å². The van der Waals surface area contributed by atoms with Gasteiger partial charge in [0, 0.05) is 49.2 Å². The van der Waals surface area contributed by atoms with Gasteiger partial charge in [0.25, 0.3) is 0 Å². The van der Waals surface area contributed by atoms with Crippen LogP contribution in [0.3, 0.4) is 0 Å². The van der Waals surface area contributed by atoms with Crippen molar-refractivity contribution in [3.8, 4) is 11.3 Å². The van der Waals surface area contributed by atoms with Crippen LogP contribution in [0.1, 0.15) is 25.7 Å². The van der Waals surface area contributed by atoms with Crippen molar-refractivity contribution in [1.29, 1.82) is 0 Å². The molecule has 3 atom stereocenters. The topological polar surface area (TPSA) is 67.3 Å². The van der Waals surface area contributed by atoms with Gasteiger partial charge in [0.05, 0.1) is 4.70 Å². The second kappa shape index (κ2) is 8.85. The van der Waals surface area contributed by atoms with Gasteiger partial charge < -0.3 is 15.0 Å². The Morgan fingerprint density at radius 3 is 2.62 bits per heavy atom. The van der Waals surface area contributed by atoms with Crippen LogP contribution >= 0.6 is 11.3 Å². The van der Waals surface area contributed by atoms with Crippen LogP contribution in [-0.4, -0.2) is 53.3 Å². The third-order valence-corrected chi connectivity index (χ3v) is 8.46. The van der Waals surface area contributed by atoms with Crippen molar-refractivity contribution < 1.29 is 18.3 Å². The van der Waals surface area contributed by atoms with Crippen molar-refractivity contribution in [2.24, 2.45) is 17.8 Å². The van der Waals surface area contributed by atoms with Crippen molar-refractivity contribution >= 4 is 33.1 Å². The van der Waals surface area contributed by atoms with E-state index in [1.807, 2.05) is 11.4 Å². The Morgan fingerprint density at radius 1 is 1.09 bits per heavy atom. The van der Waals surface area contributed by atoms with Gasteiger partial charge in [0.1, 0.15) is 17.3 Å². The monoisotopic (exact) mass is 484 g/mol. The van der Waals surface area contributed by atoms with Crippen molar-refractivity contribution in [2.45, 2.75) is 31.7 Å². The summed E-state index contributed by atoms with van der Waals surface area (Å²) in [6.45, 7) is 3.03. The molecular weight excluding hydrogens is 458 g/mol. The van der Waals surface area contributed by atoms with Crippen LogP contribution in [0.25, 0.3) is 21.3 Å². The molecule has 4 heterocycles. The molecule has 2 saturated heterocycles. The largest absolute Gasteiger partial charge is 0.381 e. The van der Waals surface area contributed by atoms with Crippen molar-refractivity contribution in [3.63, 3.8) is 0 Å². The molecule has 1 amide bonds. The van der Waals surface area contributed by atoms with Gasteiger partial charge in [-0.3, -0.25) is 4.79 Å². The van der Waals surface area contributed by atoms with Gasteiger partial charge >= 0.3 is 0 Å². The minimum absolute atomic E-state index is 0.116.